The molecule has 0 spiro atoms. The molecule has 0 aliphatic heterocycles. The van der Waals surface area contributed by atoms with Crippen LogP contribution in [0.5, 0.6) is 0 Å². The SMILES string of the molecule is CCC(O)CNCc1cnn(-c2ccccc2)n1. The Kier molecular flexibility index (Phi) is 4.44. The number of aliphatic hydroxyl groups excluding tert-OH is 1. The molecule has 96 valence electrons. The van der Waals surface area contributed by atoms with E-state index in [0.29, 0.717) is 13.1 Å². The van der Waals surface area contributed by atoms with Crippen LogP contribution < -0.4 is 5.32 Å². The highest BCUT2D eigenvalue weighted by atomic mass is 16.3. The molecule has 5 heteroatoms. The second kappa shape index (κ2) is 6.28. The van der Waals surface area contributed by atoms with Crippen molar-refractivity contribution in [2.24, 2.45) is 0 Å². The number of nitrogens with one attached hydrogen (secondary N) is 1. The first-order valence-electron chi connectivity index (χ1n) is 6.15. The van der Waals surface area contributed by atoms with Gasteiger partial charge in [0.1, 0.15) is 0 Å². The fraction of sp³-hybridized carbons (Fsp3) is 0.385. The summed E-state index contributed by atoms with van der Waals surface area (Å²) in [6.45, 7) is 3.15. The highest BCUT2D eigenvalue weighted by Gasteiger charge is 2.03. The van der Waals surface area contributed by atoms with Crippen molar-refractivity contribution in [1.82, 2.24) is 20.3 Å². The van der Waals surface area contributed by atoms with Gasteiger partial charge in [-0.3, -0.25) is 0 Å². The second-order valence-electron chi connectivity index (χ2n) is 4.15. The van der Waals surface area contributed by atoms with Crippen molar-refractivity contribution >= 4 is 0 Å². The Morgan fingerprint density at radius 1 is 1.33 bits per heavy atom. The Balaban J connectivity index is 1.91. The van der Waals surface area contributed by atoms with Crippen molar-refractivity contribution in [2.75, 3.05) is 6.54 Å². The molecule has 2 N–H and O–H groups in total. The average Bonchev–Trinajstić information content (AvgIpc) is 2.88. The lowest BCUT2D eigenvalue weighted by atomic mass is 10.3. The van der Waals surface area contributed by atoms with Gasteiger partial charge in [-0.1, -0.05) is 25.1 Å². The van der Waals surface area contributed by atoms with Crippen LogP contribution in [0.15, 0.2) is 36.5 Å². The van der Waals surface area contributed by atoms with Gasteiger partial charge in [0.2, 0.25) is 0 Å². The van der Waals surface area contributed by atoms with Gasteiger partial charge in [-0.2, -0.15) is 15.0 Å². The third kappa shape index (κ3) is 3.38. The van der Waals surface area contributed by atoms with Crippen LogP contribution in [-0.2, 0) is 6.54 Å². The van der Waals surface area contributed by atoms with Crippen LogP contribution in [0.1, 0.15) is 19.0 Å². The largest absolute Gasteiger partial charge is 0.392 e. The molecule has 2 rings (SSSR count). The molecule has 0 bridgehead atoms. The summed E-state index contributed by atoms with van der Waals surface area (Å²) in [4.78, 5) is 1.60. The Labute approximate surface area is 106 Å². The maximum Gasteiger partial charge on any atom is 0.0969 e. The third-order valence-corrected chi connectivity index (χ3v) is 2.68. The van der Waals surface area contributed by atoms with Gasteiger partial charge in [0.25, 0.3) is 0 Å². The molecule has 1 unspecified atom stereocenters. The van der Waals surface area contributed by atoms with Gasteiger partial charge in [-0.25, -0.2) is 0 Å². The minimum absolute atomic E-state index is 0.297. The maximum absolute atomic E-state index is 9.42. The summed E-state index contributed by atoms with van der Waals surface area (Å²) in [5.74, 6) is 0. The average molecular weight is 246 g/mol. The molecule has 0 saturated carbocycles. The van der Waals surface area contributed by atoms with Crippen LogP contribution >= 0.6 is 0 Å². The summed E-state index contributed by atoms with van der Waals surface area (Å²) >= 11 is 0. The monoisotopic (exact) mass is 246 g/mol. The molecule has 0 aliphatic carbocycles. The molecule has 2 aromatic rings. The van der Waals surface area contributed by atoms with E-state index < -0.39 is 0 Å². The van der Waals surface area contributed by atoms with Gasteiger partial charge in [-0.05, 0) is 18.6 Å². The van der Waals surface area contributed by atoms with Gasteiger partial charge in [0.05, 0.1) is 23.7 Å². The minimum atomic E-state index is -0.297. The van der Waals surface area contributed by atoms with Gasteiger partial charge >= 0.3 is 0 Å². The van der Waals surface area contributed by atoms with E-state index in [1.807, 2.05) is 37.3 Å². The van der Waals surface area contributed by atoms with E-state index in [0.717, 1.165) is 17.8 Å². The molecular formula is C13H18N4O. The number of rotatable bonds is 6. The zero-order valence-corrected chi connectivity index (χ0v) is 10.5. The van der Waals surface area contributed by atoms with Gasteiger partial charge < -0.3 is 10.4 Å². The lowest BCUT2D eigenvalue weighted by Crippen LogP contribution is -2.25. The predicted molar refractivity (Wildman–Crippen MR) is 69.4 cm³/mol. The first kappa shape index (κ1) is 12.7. The first-order valence-corrected chi connectivity index (χ1v) is 6.15. The molecule has 0 saturated heterocycles. The zero-order chi connectivity index (χ0) is 12.8. The zero-order valence-electron chi connectivity index (χ0n) is 10.5. The topological polar surface area (TPSA) is 63.0 Å². The van der Waals surface area contributed by atoms with Crippen LogP contribution in [0, 0.1) is 0 Å². The maximum atomic E-state index is 9.42. The fourth-order valence-corrected chi connectivity index (χ4v) is 1.57. The van der Waals surface area contributed by atoms with Crippen molar-refractivity contribution in [2.45, 2.75) is 26.0 Å². The third-order valence-electron chi connectivity index (χ3n) is 2.68. The normalized spacial score (nSPS) is 12.6. The number of para-hydroxylation sites is 1. The molecular weight excluding hydrogens is 228 g/mol. The minimum Gasteiger partial charge on any atom is -0.392 e. The summed E-state index contributed by atoms with van der Waals surface area (Å²) in [6.07, 6.45) is 2.19. The van der Waals surface area contributed by atoms with E-state index >= 15 is 0 Å². The lowest BCUT2D eigenvalue weighted by Gasteiger charge is -2.07. The number of benzene rings is 1. The summed E-state index contributed by atoms with van der Waals surface area (Å²) in [6, 6.07) is 9.78. The standard InChI is InChI=1S/C13H18N4O/c1-2-13(18)10-14-8-11-9-15-17(16-11)12-6-4-3-5-7-12/h3-7,9,13-14,18H,2,8,10H2,1H3. The smallest absolute Gasteiger partial charge is 0.0969 e. The van der Waals surface area contributed by atoms with E-state index in [2.05, 4.69) is 15.5 Å². The number of nitrogens with zero attached hydrogens (tertiary/aromatic N) is 3. The van der Waals surface area contributed by atoms with E-state index in [4.69, 9.17) is 0 Å². The van der Waals surface area contributed by atoms with Crippen LogP contribution in [0.3, 0.4) is 0 Å². The van der Waals surface area contributed by atoms with Crippen molar-refractivity contribution in [1.29, 1.82) is 0 Å². The van der Waals surface area contributed by atoms with Crippen LogP contribution in [0.25, 0.3) is 5.69 Å². The van der Waals surface area contributed by atoms with E-state index in [1.165, 1.54) is 0 Å². The Morgan fingerprint density at radius 2 is 2.11 bits per heavy atom. The molecule has 18 heavy (non-hydrogen) atoms. The number of aromatic nitrogens is 3. The number of aliphatic hydroxyl groups is 1. The molecule has 0 radical (unpaired) electrons. The number of hydrogen-bond donors (Lipinski definition) is 2. The van der Waals surface area contributed by atoms with Crippen molar-refractivity contribution < 1.29 is 5.11 Å². The molecule has 5 nitrogen and oxygen atoms in total. The van der Waals surface area contributed by atoms with Crippen LogP contribution in [0.4, 0.5) is 0 Å². The quantitative estimate of drug-likeness (QED) is 0.802. The van der Waals surface area contributed by atoms with Crippen molar-refractivity contribution in [3.8, 4) is 5.69 Å². The Bertz CT molecular complexity index is 469. The van der Waals surface area contributed by atoms with Gasteiger partial charge in [0.15, 0.2) is 0 Å². The van der Waals surface area contributed by atoms with Crippen molar-refractivity contribution in [3.05, 3.63) is 42.2 Å². The highest BCUT2D eigenvalue weighted by Crippen LogP contribution is 2.03. The van der Waals surface area contributed by atoms with Crippen LogP contribution in [0.2, 0.25) is 0 Å². The Morgan fingerprint density at radius 3 is 2.83 bits per heavy atom. The van der Waals surface area contributed by atoms with E-state index in [-0.39, 0.29) is 6.10 Å². The highest BCUT2D eigenvalue weighted by molar-refractivity contribution is 5.28. The Hall–Kier alpha value is -1.72. The molecule has 0 amide bonds. The summed E-state index contributed by atoms with van der Waals surface area (Å²) < 4.78 is 0. The molecule has 1 aromatic carbocycles. The second-order valence-corrected chi connectivity index (χ2v) is 4.15. The van der Waals surface area contributed by atoms with Gasteiger partial charge in [-0.15, -0.1) is 0 Å². The first-order chi connectivity index (χ1) is 8.79. The van der Waals surface area contributed by atoms with Gasteiger partial charge in [0, 0.05) is 13.1 Å². The fourth-order valence-electron chi connectivity index (χ4n) is 1.57. The lowest BCUT2D eigenvalue weighted by molar-refractivity contribution is 0.167. The summed E-state index contributed by atoms with van der Waals surface area (Å²) in [7, 11) is 0. The predicted octanol–water partition coefficient (Wildman–Crippen LogP) is 1.13. The number of hydrogen-bond acceptors (Lipinski definition) is 4. The summed E-state index contributed by atoms with van der Waals surface area (Å²) in [5, 5.41) is 21.1. The molecule has 0 aliphatic rings. The van der Waals surface area contributed by atoms with E-state index in [9.17, 15) is 5.11 Å². The molecule has 1 aromatic heterocycles. The van der Waals surface area contributed by atoms with E-state index in [1.54, 1.807) is 11.0 Å². The van der Waals surface area contributed by atoms with Crippen LogP contribution in [-0.4, -0.2) is 32.7 Å². The van der Waals surface area contributed by atoms with Crippen molar-refractivity contribution in [3.63, 3.8) is 0 Å². The molecule has 1 atom stereocenters. The molecule has 0 fully saturated rings. The molecule has 1 heterocycles. The summed E-state index contributed by atoms with van der Waals surface area (Å²) in [5.41, 5.74) is 1.81.